The van der Waals surface area contributed by atoms with Gasteiger partial charge in [0, 0.05) is 18.8 Å². The molecule has 0 bridgehead atoms. The van der Waals surface area contributed by atoms with E-state index in [1.54, 1.807) is 0 Å². The van der Waals surface area contributed by atoms with Crippen molar-refractivity contribution in [1.29, 1.82) is 0 Å². The number of hydrogen-bond donors (Lipinski definition) is 1. The van der Waals surface area contributed by atoms with Gasteiger partial charge < -0.3 is 15.0 Å². The Morgan fingerprint density at radius 3 is 2.24 bits per heavy atom. The Kier molecular flexibility index (Phi) is 5.64. The summed E-state index contributed by atoms with van der Waals surface area (Å²) in [6.07, 6.45) is 0. The highest BCUT2D eigenvalue weighted by Gasteiger charge is 1.97. The molecule has 0 aliphatic rings. The van der Waals surface area contributed by atoms with E-state index in [-0.39, 0.29) is 0 Å². The molecule has 3 heteroatoms. The summed E-state index contributed by atoms with van der Waals surface area (Å²) >= 11 is 0. The molecular weight excluding hydrogens is 260 g/mol. The molecule has 0 heterocycles. The van der Waals surface area contributed by atoms with Crippen molar-refractivity contribution in [1.82, 2.24) is 4.90 Å². The molecule has 0 saturated carbocycles. The Morgan fingerprint density at radius 2 is 1.62 bits per heavy atom. The van der Waals surface area contributed by atoms with Crippen LogP contribution in [0.2, 0.25) is 0 Å². The van der Waals surface area contributed by atoms with Crippen LogP contribution in [0.1, 0.15) is 11.1 Å². The summed E-state index contributed by atoms with van der Waals surface area (Å²) in [5.41, 5.74) is 3.68. The molecule has 0 fully saturated rings. The molecule has 21 heavy (non-hydrogen) atoms. The summed E-state index contributed by atoms with van der Waals surface area (Å²) in [4.78, 5) is 2.11. The van der Waals surface area contributed by atoms with Crippen LogP contribution in [0.3, 0.4) is 0 Å². The number of likely N-dealkylation sites (N-methyl/N-ethyl adjacent to an activating group) is 1. The van der Waals surface area contributed by atoms with Crippen LogP contribution in [-0.2, 0) is 6.54 Å². The molecule has 2 aromatic rings. The zero-order valence-corrected chi connectivity index (χ0v) is 13.1. The third kappa shape index (κ3) is 5.48. The van der Waals surface area contributed by atoms with Crippen molar-refractivity contribution in [3.8, 4) is 5.75 Å². The molecule has 0 unspecified atom stereocenters. The van der Waals surface area contributed by atoms with Crippen LogP contribution in [0.5, 0.6) is 5.75 Å². The Morgan fingerprint density at radius 1 is 0.952 bits per heavy atom. The third-order valence-electron chi connectivity index (χ3n) is 3.28. The molecule has 0 saturated heterocycles. The van der Waals surface area contributed by atoms with E-state index < -0.39 is 0 Å². The van der Waals surface area contributed by atoms with E-state index in [0.29, 0.717) is 6.61 Å². The molecule has 0 aromatic heterocycles. The van der Waals surface area contributed by atoms with E-state index >= 15 is 0 Å². The predicted molar refractivity (Wildman–Crippen MR) is 89.0 cm³/mol. The van der Waals surface area contributed by atoms with Crippen molar-refractivity contribution >= 4 is 5.69 Å². The largest absolute Gasteiger partial charge is 0.492 e. The number of rotatable bonds is 7. The third-order valence-corrected chi connectivity index (χ3v) is 3.28. The van der Waals surface area contributed by atoms with Gasteiger partial charge in [0.05, 0.1) is 0 Å². The summed E-state index contributed by atoms with van der Waals surface area (Å²) < 4.78 is 5.68. The first-order valence-corrected chi connectivity index (χ1v) is 7.30. The second kappa shape index (κ2) is 7.70. The van der Waals surface area contributed by atoms with E-state index in [9.17, 15) is 0 Å². The average molecular weight is 284 g/mol. The predicted octanol–water partition coefficient (Wildman–Crippen LogP) is 3.55. The van der Waals surface area contributed by atoms with Crippen LogP contribution in [0, 0.1) is 6.92 Å². The highest BCUT2D eigenvalue weighted by molar-refractivity contribution is 5.46. The topological polar surface area (TPSA) is 24.5 Å². The van der Waals surface area contributed by atoms with Gasteiger partial charge in [-0.3, -0.25) is 0 Å². The lowest BCUT2D eigenvalue weighted by atomic mass is 10.1. The molecule has 0 radical (unpaired) electrons. The summed E-state index contributed by atoms with van der Waals surface area (Å²) in [5, 5.41) is 3.42. The smallest absolute Gasteiger partial charge is 0.119 e. The monoisotopic (exact) mass is 284 g/mol. The van der Waals surface area contributed by atoms with Gasteiger partial charge >= 0.3 is 0 Å². The number of benzene rings is 2. The molecule has 112 valence electrons. The Labute approximate surface area is 127 Å². The lowest BCUT2D eigenvalue weighted by molar-refractivity contribution is 0.261. The van der Waals surface area contributed by atoms with E-state index in [1.807, 2.05) is 26.2 Å². The van der Waals surface area contributed by atoms with Gasteiger partial charge in [0.15, 0.2) is 0 Å². The zero-order valence-electron chi connectivity index (χ0n) is 13.1. The van der Waals surface area contributed by atoms with Crippen molar-refractivity contribution in [2.75, 3.05) is 32.6 Å². The Balaban J connectivity index is 1.80. The van der Waals surface area contributed by atoms with E-state index in [0.717, 1.165) is 24.5 Å². The normalized spacial score (nSPS) is 10.7. The maximum atomic E-state index is 5.68. The van der Waals surface area contributed by atoms with Gasteiger partial charge in [0.2, 0.25) is 0 Å². The first kappa shape index (κ1) is 15.4. The summed E-state index contributed by atoms with van der Waals surface area (Å²) in [6, 6.07) is 16.7. The number of hydrogen-bond acceptors (Lipinski definition) is 3. The highest BCUT2D eigenvalue weighted by atomic mass is 16.5. The average Bonchev–Trinajstić information content (AvgIpc) is 2.48. The lowest BCUT2D eigenvalue weighted by Crippen LogP contribution is -2.19. The van der Waals surface area contributed by atoms with Gasteiger partial charge in [-0.15, -0.1) is 0 Å². The minimum atomic E-state index is 0.711. The zero-order chi connectivity index (χ0) is 15.1. The quantitative estimate of drug-likeness (QED) is 0.841. The summed E-state index contributed by atoms with van der Waals surface area (Å²) in [7, 11) is 4.09. The van der Waals surface area contributed by atoms with Crippen LogP contribution in [0.25, 0.3) is 0 Å². The fourth-order valence-electron chi connectivity index (χ4n) is 1.93. The first-order chi connectivity index (χ1) is 10.1. The molecule has 0 spiro atoms. The van der Waals surface area contributed by atoms with Gasteiger partial charge in [-0.25, -0.2) is 0 Å². The fraction of sp³-hybridized carbons (Fsp3) is 0.333. The Hall–Kier alpha value is -2.00. The van der Waals surface area contributed by atoms with Gasteiger partial charge in [0.1, 0.15) is 12.4 Å². The van der Waals surface area contributed by atoms with Gasteiger partial charge in [0.25, 0.3) is 0 Å². The van der Waals surface area contributed by atoms with E-state index in [2.05, 4.69) is 53.5 Å². The molecule has 0 aliphatic carbocycles. The van der Waals surface area contributed by atoms with Crippen LogP contribution >= 0.6 is 0 Å². The van der Waals surface area contributed by atoms with Gasteiger partial charge in [-0.05, 0) is 50.8 Å². The van der Waals surface area contributed by atoms with Crippen LogP contribution in [0.4, 0.5) is 5.69 Å². The molecule has 0 atom stereocenters. The second-order valence-electron chi connectivity index (χ2n) is 5.52. The van der Waals surface area contributed by atoms with Crippen LogP contribution < -0.4 is 10.1 Å². The standard InChI is InChI=1S/C18H24N2O/c1-15-4-6-16(7-5-15)14-19-17-8-10-18(11-9-17)21-13-12-20(2)3/h4-11,19H,12-14H2,1-3H3. The van der Waals surface area contributed by atoms with Crippen molar-refractivity contribution in [2.24, 2.45) is 0 Å². The maximum Gasteiger partial charge on any atom is 0.119 e. The molecule has 0 aliphatic heterocycles. The number of nitrogens with zero attached hydrogens (tertiary/aromatic N) is 1. The van der Waals surface area contributed by atoms with Crippen molar-refractivity contribution in [3.63, 3.8) is 0 Å². The van der Waals surface area contributed by atoms with Gasteiger partial charge in [-0.2, -0.15) is 0 Å². The van der Waals surface area contributed by atoms with Crippen molar-refractivity contribution in [2.45, 2.75) is 13.5 Å². The highest BCUT2D eigenvalue weighted by Crippen LogP contribution is 2.16. The van der Waals surface area contributed by atoms with E-state index in [4.69, 9.17) is 4.74 Å². The van der Waals surface area contributed by atoms with Crippen molar-refractivity contribution < 1.29 is 4.74 Å². The molecule has 1 N–H and O–H groups in total. The molecular formula is C18H24N2O. The summed E-state index contributed by atoms with van der Waals surface area (Å²) in [6.45, 7) is 4.57. The molecule has 2 rings (SSSR count). The minimum absolute atomic E-state index is 0.711. The number of aryl methyl sites for hydroxylation is 1. The summed E-state index contributed by atoms with van der Waals surface area (Å²) in [5.74, 6) is 0.915. The molecule has 2 aromatic carbocycles. The van der Waals surface area contributed by atoms with Crippen LogP contribution in [-0.4, -0.2) is 32.1 Å². The second-order valence-corrected chi connectivity index (χ2v) is 5.52. The number of nitrogens with one attached hydrogen (secondary N) is 1. The maximum absolute atomic E-state index is 5.68. The first-order valence-electron chi connectivity index (χ1n) is 7.30. The van der Waals surface area contributed by atoms with E-state index in [1.165, 1.54) is 11.1 Å². The molecule has 0 amide bonds. The SMILES string of the molecule is Cc1ccc(CNc2ccc(OCCN(C)C)cc2)cc1. The van der Waals surface area contributed by atoms with Gasteiger partial charge in [-0.1, -0.05) is 29.8 Å². The van der Waals surface area contributed by atoms with Crippen LogP contribution in [0.15, 0.2) is 48.5 Å². The minimum Gasteiger partial charge on any atom is -0.492 e. The number of ether oxygens (including phenoxy) is 1. The molecule has 3 nitrogen and oxygen atoms in total. The number of anilines is 1. The Bertz CT molecular complexity index is 532. The van der Waals surface area contributed by atoms with Crippen molar-refractivity contribution in [3.05, 3.63) is 59.7 Å². The lowest BCUT2D eigenvalue weighted by Gasteiger charge is -2.12. The fourth-order valence-corrected chi connectivity index (χ4v) is 1.93.